The number of fused-ring (bicyclic) bond motifs is 1. The summed E-state index contributed by atoms with van der Waals surface area (Å²) in [6.07, 6.45) is 3.31. The molecule has 20 heavy (non-hydrogen) atoms. The minimum absolute atomic E-state index is 0.194. The van der Waals surface area contributed by atoms with Crippen LogP contribution in [0.5, 0.6) is 0 Å². The Labute approximate surface area is 115 Å². The van der Waals surface area contributed by atoms with Gasteiger partial charge in [-0.3, -0.25) is 14.9 Å². The van der Waals surface area contributed by atoms with Crippen LogP contribution in [0.3, 0.4) is 0 Å². The van der Waals surface area contributed by atoms with Gasteiger partial charge in [-0.1, -0.05) is 0 Å². The van der Waals surface area contributed by atoms with E-state index in [1.807, 2.05) is 18.2 Å². The predicted octanol–water partition coefficient (Wildman–Crippen LogP) is 1.67. The van der Waals surface area contributed by atoms with Crippen molar-refractivity contribution in [2.24, 2.45) is 5.73 Å². The van der Waals surface area contributed by atoms with Crippen molar-refractivity contribution in [2.45, 2.75) is 6.54 Å². The second kappa shape index (κ2) is 5.10. The van der Waals surface area contributed by atoms with Crippen LogP contribution in [0.4, 0.5) is 5.69 Å². The number of amides is 1. The third kappa shape index (κ3) is 2.36. The van der Waals surface area contributed by atoms with E-state index in [1.165, 1.54) is 0 Å². The average Bonchev–Trinajstić information content (AvgIpc) is 2.95. The quantitative estimate of drug-likeness (QED) is 0.672. The first kappa shape index (κ1) is 12.3. The number of nitrogens with two attached hydrogens (primary N) is 1. The highest BCUT2D eigenvalue weighted by molar-refractivity contribution is 6.05. The Morgan fingerprint density at radius 1 is 1.30 bits per heavy atom. The van der Waals surface area contributed by atoms with Crippen molar-refractivity contribution in [2.75, 3.05) is 5.32 Å². The second-order valence-corrected chi connectivity index (χ2v) is 4.37. The Balaban J connectivity index is 1.83. The summed E-state index contributed by atoms with van der Waals surface area (Å²) in [6, 6.07) is 8.91. The Bertz CT molecular complexity index is 765. The lowest BCUT2D eigenvalue weighted by Gasteiger charge is -2.06. The number of nitrogens with one attached hydrogen (secondary N) is 2. The molecule has 100 valence electrons. The highest BCUT2D eigenvalue weighted by Crippen LogP contribution is 2.17. The fourth-order valence-corrected chi connectivity index (χ4v) is 1.95. The monoisotopic (exact) mass is 267 g/mol. The summed E-state index contributed by atoms with van der Waals surface area (Å²) in [5, 5.41) is 10.6. The van der Waals surface area contributed by atoms with Crippen molar-refractivity contribution in [3.05, 3.63) is 54.0 Å². The fraction of sp³-hybridized carbons (Fsp3) is 0.0714. The maximum absolute atomic E-state index is 12.2. The van der Waals surface area contributed by atoms with Crippen LogP contribution in [0.2, 0.25) is 0 Å². The van der Waals surface area contributed by atoms with Crippen molar-refractivity contribution in [1.82, 2.24) is 15.2 Å². The molecule has 6 heteroatoms. The summed E-state index contributed by atoms with van der Waals surface area (Å²) < 4.78 is 0. The van der Waals surface area contributed by atoms with Crippen LogP contribution in [0, 0.1) is 0 Å². The van der Waals surface area contributed by atoms with Crippen LogP contribution in [-0.4, -0.2) is 21.1 Å². The lowest BCUT2D eigenvalue weighted by molar-refractivity contribution is 0.102. The smallest absolute Gasteiger partial charge is 0.255 e. The van der Waals surface area contributed by atoms with E-state index >= 15 is 0 Å². The fourth-order valence-electron chi connectivity index (χ4n) is 1.95. The highest BCUT2D eigenvalue weighted by Gasteiger charge is 2.07. The SMILES string of the molecule is NCc1cc(C(=O)Nc2ccc3cn[nH]c3c2)ccn1. The normalized spacial score (nSPS) is 10.7. The van der Waals surface area contributed by atoms with Gasteiger partial charge in [0.05, 0.1) is 17.4 Å². The van der Waals surface area contributed by atoms with Gasteiger partial charge in [0.1, 0.15) is 0 Å². The third-order valence-electron chi connectivity index (χ3n) is 2.99. The van der Waals surface area contributed by atoms with Crippen molar-refractivity contribution in [1.29, 1.82) is 0 Å². The molecule has 0 aliphatic rings. The highest BCUT2D eigenvalue weighted by atomic mass is 16.1. The first-order chi connectivity index (χ1) is 9.76. The van der Waals surface area contributed by atoms with Gasteiger partial charge in [-0.25, -0.2) is 0 Å². The van der Waals surface area contributed by atoms with Crippen LogP contribution >= 0.6 is 0 Å². The van der Waals surface area contributed by atoms with Gasteiger partial charge >= 0.3 is 0 Å². The van der Waals surface area contributed by atoms with Gasteiger partial charge in [-0.05, 0) is 30.3 Å². The number of aromatic amines is 1. The van der Waals surface area contributed by atoms with Gasteiger partial charge in [-0.2, -0.15) is 5.10 Å². The molecule has 1 aromatic carbocycles. The molecule has 1 amide bonds. The van der Waals surface area contributed by atoms with Gasteiger partial charge in [0.15, 0.2) is 0 Å². The number of anilines is 1. The van der Waals surface area contributed by atoms with Crippen molar-refractivity contribution < 1.29 is 4.79 Å². The molecule has 4 N–H and O–H groups in total. The van der Waals surface area contributed by atoms with E-state index < -0.39 is 0 Å². The molecule has 3 rings (SSSR count). The zero-order chi connectivity index (χ0) is 13.9. The molecule has 2 aromatic heterocycles. The molecular weight excluding hydrogens is 254 g/mol. The number of carbonyl (C=O) groups excluding carboxylic acids is 1. The van der Waals surface area contributed by atoms with Gasteiger partial charge in [0, 0.05) is 29.4 Å². The molecule has 0 bridgehead atoms. The van der Waals surface area contributed by atoms with E-state index in [9.17, 15) is 4.79 Å². The number of hydrogen-bond acceptors (Lipinski definition) is 4. The topological polar surface area (TPSA) is 96.7 Å². The molecule has 0 fully saturated rings. The molecule has 0 spiro atoms. The zero-order valence-electron chi connectivity index (χ0n) is 10.6. The summed E-state index contributed by atoms with van der Waals surface area (Å²) in [5.41, 5.74) is 8.31. The lowest BCUT2D eigenvalue weighted by atomic mass is 10.2. The molecule has 0 atom stereocenters. The number of carbonyl (C=O) groups is 1. The zero-order valence-corrected chi connectivity index (χ0v) is 10.6. The Hall–Kier alpha value is -2.73. The number of rotatable bonds is 3. The van der Waals surface area contributed by atoms with E-state index in [1.54, 1.807) is 24.5 Å². The van der Waals surface area contributed by atoms with Crippen LogP contribution in [0.1, 0.15) is 16.1 Å². The Morgan fingerprint density at radius 3 is 3.05 bits per heavy atom. The van der Waals surface area contributed by atoms with Crippen molar-refractivity contribution >= 4 is 22.5 Å². The Kier molecular flexibility index (Phi) is 3.14. The third-order valence-corrected chi connectivity index (χ3v) is 2.99. The minimum atomic E-state index is -0.194. The molecule has 2 heterocycles. The molecule has 0 unspecified atom stereocenters. The molecule has 6 nitrogen and oxygen atoms in total. The molecule has 3 aromatic rings. The van der Waals surface area contributed by atoms with Crippen LogP contribution in [0.25, 0.3) is 10.9 Å². The lowest BCUT2D eigenvalue weighted by Crippen LogP contribution is -2.13. The molecule has 0 radical (unpaired) electrons. The largest absolute Gasteiger partial charge is 0.325 e. The number of pyridine rings is 1. The van der Waals surface area contributed by atoms with E-state index in [4.69, 9.17) is 5.73 Å². The number of nitrogens with zero attached hydrogens (tertiary/aromatic N) is 2. The van der Waals surface area contributed by atoms with Gasteiger partial charge in [-0.15, -0.1) is 0 Å². The average molecular weight is 267 g/mol. The molecule has 0 aliphatic heterocycles. The number of aromatic nitrogens is 3. The first-order valence-corrected chi connectivity index (χ1v) is 6.16. The summed E-state index contributed by atoms with van der Waals surface area (Å²) in [4.78, 5) is 16.2. The van der Waals surface area contributed by atoms with Crippen LogP contribution in [-0.2, 0) is 6.54 Å². The number of H-pyrrole nitrogens is 1. The first-order valence-electron chi connectivity index (χ1n) is 6.16. The van der Waals surface area contributed by atoms with E-state index in [-0.39, 0.29) is 5.91 Å². The predicted molar refractivity (Wildman–Crippen MR) is 76.2 cm³/mol. The van der Waals surface area contributed by atoms with Crippen molar-refractivity contribution in [3.63, 3.8) is 0 Å². The molecule has 0 aliphatic carbocycles. The second-order valence-electron chi connectivity index (χ2n) is 4.37. The summed E-state index contributed by atoms with van der Waals surface area (Å²) >= 11 is 0. The summed E-state index contributed by atoms with van der Waals surface area (Å²) in [7, 11) is 0. The maximum Gasteiger partial charge on any atom is 0.255 e. The van der Waals surface area contributed by atoms with Crippen molar-refractivity contribution in [3.8, 4) is 0 Å². The number of hydrogen-bond donors (Lipinski definition) is 3. The van der Waals surface area contributed by atoms with E-state index in [0.717, 1.165) is 10.9 Å². The van der Waals surface area contributed by atoms with E-state index in [0.29, 0.717) is 23.5 Å². The molecular formula is C14H13N5O. The van der Waals surface area contributed by atoms with Crippen LogP contribution < -0.4 is 11.1 Å². The minimum Gasteiger partial charge on any atom is -0.325 e. The van der Waals surface area contributed by atoms with Gasteiger partial charge in [0.25, 0.3) is 5.91 Å². The standard InChI is InChI=1S/C14H13N5O/c15-7-12-5-9(3-4-16-12)14(20)18-11-2-1-10-8-17-19-13(10)6-11/h1-6,8H,7,15H2,(H,17,19)(H,18,20). The number of benzene rings is 1. The maximum atomic E-state index is 12.2. The summed E-state index contributed by atoms with van der Waals surface area (Å²) in [5.74, 6) is -0.194. The van der Waals surface area contributed by atoms with Crippen LogP contribution in [0.15, 0.2) is 42.7 Å². The molecule has 0 saturated carbocycles. The van der Waals surface area contributed by atoms with Gasteiger partial charge < -0.3 is 11.1 Å². The molecule has 0 saturated heterocycles. The summed E-state index contributed by atoms with van der Waals surface area (Å²) in [6.45, 7) is 0.307. The van der Waals surface area contributed by atoms with Gasteiger partial charge in [0.2, 0.25) is 0 Å². The Morgan fingerprint density at radius 2 is 2.20 bits per heavy atom. The van der Waals surface area contributed by atoms with E-state index in [2.05, 4.69) is 20.5 Å².